The van der Waals surface area contributed by atoms with Crippen LogP contribution in [-0.2, 0) is 18.9 Å². The van der Waals surface area contributed by atoms with Crippen LogP contribution in [0.4, 0.5) is 0 Å². The number of aliphatic hydroxyl groups excluding tert-OH is 1. The van der Waals surface area contributed by atoms with Crippen molar-refractivity contribution in [2.75, 3.05) is 33.7 Å². The van der Waals surface area contributed by atoms with E-state index < -0.39 is 0 Å². The summed E-state index contributed by atoms with van der Waals surface area (Å²) in [6.07, 6.45) is 2.78. The first-order valence-electron chi connectivity index (χ1n) is 8.06. The number of rotatable bonds is 13. The van der Waals surface area contributed by atoms with Crippen LogP contribution < -0.4 is 0 Å². The van der Waals surface area contributed by atoms with Crippen LogP contribution in [0, 0.1) is 11.8 Å². The first kappa shape index (κ1) is 21.5. The minimum Gasteiger partial charge on any atom is -0.394 e. The highest BCUT2D eigenvalue weighted by Crippen LogP contribution is 2.20. The highest BCUT2D eigenvalue weighted by Gasteiger charge is 2.19. The number of aliphatic hydroxyl groups is 1. The zero-order valence-electron chi connectivity index (χ0n) is 15.0. The van der Waals surface area contributed by atoms with Crippen LogP contribution in [0.1, 0.15) is 41.0 Å². The number of methoxy groups -OCH3 is 1. The summed E-state index contributed by atoms with van der Waals surface area (Å²) in [7, 11) is 1.58. The van der Waals surface area contributed by atoms with Crippen molar-refractivity contribution in [3.63, 3.8) is 0 Å². The third kappa shape index (κ3) is 10.3. The van der Waals surface area contributed by atoms with E-state index in [1.54, 1.807) is 7.11 Å². The number of hydrogen-bond donors (Lipinski definition) is 1. The Morgan fingerprint density at radius 2 is 1.82 bits per heavy atom. The molecule has 4 unspecified atom stereocenters. The molecule has 0 aromatic rings. The fourth-order valence-corrected chi connectivity index (χ4v) is 2.42. The van der Waals surface area contributed by atoms with E-state index in [1.165, 1.54) is 5.57 Å². The second-order valence-corrected chi connectivity index (χ2v) is 5.83. The van der Waals surface area contributed by atoms with Crippen LogP contribution in [-0.4, -0.2) is 51.2 Å². The van der Waals surface area contributed by atoms with Crippen molar-refractivity contribution < 1.29 is 24.1 Å². The molecule has 5 nitrogen and oxygen atoms in total. The van der Waals surface area contributed by atoms with Gasteiger partial charge in [-0.05, 0) is 39.0 Å². The van der Waals surface area contributed by atoms with E-state index in [-0.39, 0.29) is 31.7 Å². The van der Waals surface area contributed by atoms with Gasteiger partial charge in [0.1, 0.15) is 6.79 Å². The third-order valence-electron chi connectivity index (χ3n) is 3.47. The fourth-order valence-electron chi connectivity index (χ4n) is 2.42. The van der Waals surface area contributed by atoms with Crippen molar-refractivity contribution in [2.24, 2.45) is 11.8 Å². The van der Waals surface area contributed by atoms with E-state index in [4.69, 9.17) is 18.9 Å². The third-order valence-corrected chi connectivity index (χ3v) is 3.47. The maximum absolute atomic E-state index is 9.38. The minimum absolute atomic E-state index is 0.00885. The number of ether oxygens (including phenoxy) is 4. The largest absolute Gasteiger partial charge is 0.394 e. The second-order valence-electron chi connectivity index (χ2n) is 5.83. The van der Waals surface area contributed by atoms with Gasteiger partial charge in [0.05, 0.1) is 19.3 Å². The molecule has 0 aliphatic heterocycles. The summed E-state index contributed by atoms with van der Waals surface area (Å²) >= 11 is 0. The molecule has 0 amide bonds. The zero-order chi connectivity index (χ0) is 17.0. The lowest BCUT2D eigenvalue weighted by molar-refractivity contribution is -0.120. The van der Waals surface area contributed by atoms with E-state index >= 15 is 0 Å². The summed E-state index contributed by atoms with van der Waals surface area (Å²) in [6.45, 7) is 11.6. The van der Waals surface area contributed by atoms with Crippen LogP contribution in [0.3, 0.4) is 0 Å². The second kappa shape index (κ2) is 13.0. The summed E-state index contributed by atoms with van der Waals surface area (Å²) in [5.41, 5.74) is 1.18. The molecule has 0 aromatic carbocycles. The van der Waals surface area contributed by atoms with E-state index in [2.05, 4.69) is 26.8 Å². The van der Waals surface area contributed by atoms with Gasteiger partial charge in [0, 0.05) is 13.7 Å². The van der Waals surface area contributed by atoms with Gasteiger partial charge in [0.15, 0.2) is 6.29 Å². The summed E-state index contributed by atoms with van der Waals surface area (Å²) in [5.74, 6) is 0.642. The molecule has 0 saturated heterocycles. The number of allylic oxidation sites excluding steroid dienone is 1. The smallest absolute Gasteiger partial charge is 0.155 e. The lowest BCUT2D eigenvalue weighted by atomic mass is 9.92. The average Bonchev–Trinajstić information content (AvgIpc) is 2.46. The molecule has 5 heteroatoms. The van der Waals surface area contributed by atoms with Crippen LogP contribution in [0.25, 0.3) is 0 Å². The van der Waals surface area contributed by atoms with E-state index in [0.717, 1.165) is 6.42 Å². The maximum atomic E-state index is 9.38. The molecule has 132 valence electrons. The summed E-state index contributed by atoms with van der Waals surface area (Å²) < 4.78 is 21.3. The fraction of sp³-hybridized carbons (Fsp3) is 0.882. The van der Waals surface area contributed by atoms with Crippen LogP contribution in [0.15, 0.2) is 11.6 Å². The molecule has 0 saturated carbocycles. The Labute approximate surface area is 135 Å². The van der Waals surface area contributed by atoms with Crippen LogP contribution in [0.5, 0.6) is 0 Å². The van der Waals surface area contributed by atoms with Crippen molar-refractivity contribution in [3.05, 3.63) is 11.6 Å². The van der Waals surface area contributed by atoms with Gasteiger partial charge in [-0.1, -0.05) is 25.5 Å². The molecule has 0 aliphatic carbocycles. The molecular weight excluding hydrogens is 284 g/mol. The summed E-state index contributed by atoms with van der Waals surface area (Å²) in [5, 5.41) is 9.38. The SMILES string of the molecule is CCOC(C)OCC(C)=CC(C)CC(C)C(CO)OCOC. The quantitative estimate of drug-likeness (QED) is 0.418. The van der Waals surface area contributed by atoms with Gasteiger partial charge in [0.25, 0.3) is 0 Å². The summed E-state index contributed by atoms with van der Waals surface area (Å²) in [6, 6.07) is 0. The molecule has 22 heavy (non-hydrogen) atoms. The van der Waals surface area contributed by atoms with Gasteiger partial charge in [0.2, 0.25) is 0 Å². The molecule has 1 N–H and O–H groups in total. The van der Waals surface area contributed by atoms with Gasteiger partial charge < -0.3 is 24.1 Å². The standard InChI is InChI=1S/C17H34O5/c1-7-20-16(5)21-11-14(3)8-13(2)9-15(4)17(10-18)22-12-19-6/h8,13,15-18H,7,9-12H2,1-6H3. The number of hydrogen-bond acceptors (Lipinski definition) is 5. The molecule has 4 atom stereocenters. The van der Waals surface area contributed by atoms with Crippen molar-refractivity contribution in [3.8, 4) is 0 Å². The maximum Gasteiger partial charge on any atom is 0.155 e. The Morgan fingerprint density at radius 1 is 1.14 bits per heavy atom. The first-order valence-corrected chi connectivity index (χ1v) is 8.06. The highest BCUT2D eigenvalue weighted by molar-refractivity contribution is 5.01. The Bertz CT molecular complexity index is 293. The minimum atomic E-state index is -0.190. The molecule has 0 radical (unpaired) electrons. The highest BCUT2D eigenvalue weighted by atomic mass is 16.7. The van der Waals surface area contributed by atoms with E-state index in [1.807, 2.05) is 13.8 Å². The van der Waals surface area contributed by atoms with Gasteiger partial charge in [-0.25, -0.2) is 0 Å². The summed E-state index contributed by atoms with van der Waals surface area (Å²) in [4.78, 5) is 0. The molecule has 0 aliphatic rings. The van der Waals surface area contributed by atoms with Crippen LogP contribution >= 0.6 is 0 Å². The van der Waals surface area contributed by atoms with Crippen molar-refractivity contribution in [1.29, 1.82) is 0 Å². The van der Waals surface area contributed by atoms with Gasteiger partial charge in [-0.15, -0.1) is 0 Å². The lowest BCUT2D eigenvalue weighted by Gasteiger charge is -2.24. The average molecular weight is 318 g/mol. The van der Waals surface area contributed by atoms with Gasteiger partial charge >= 0.3 is 0 Å². The molecule has 0 heterocycles. The molecule has 0 spiro atoms. The first-order chi connectivity index (χ1) is 10.4. The van der Waals surface area contributed by atoms with Crippen molar-refractivity contribution >= 4 is 0 Å². The van der Waals surface area contributed by atoms with Gasteiger partial charge in [-0.3, -0.25) is 0 Å². The Morgan fingerprint density at radius 3 is 2.36 bits per heavy atom. The molecule has 0 fully saturated rings. The lowest BCUT2D eigenvalue weighted by Crippen LogP contribution is -2.28. The molecule has 0 rings (SSSR count). The van der Waals surface area contributed by atoms with Crippen LogP contribution in [0.2, 0.25) is 0 Å². The van der Waals surface area contributed by atoms with Gasteiger partial charge in [-0.2, -0.15) is 0 Å². The molecule has 0 aromatic heterocycles. The Kier molecular flexibility index (Phi) is 12.8. The molecule has 0 bridgehead atoms. The Balaban J connectivity index is 4.21. The zero-order valence-corrected chi connectivity index (χ0v) is 15.0. The Hall–Kier alpha value is -0.460. The van der Waals surface area contributed by atoms with Crippen molar-refractivity contribution in [1.82, 2.24) is 0 Å². The monoisotopic (exact) mass is 318 g/mol. The predicted molar refractivity (Wildman–Crippen MR) is 87.6 cm³/mol. The van der Waals surface area contributed by atoms with Crippen molar-refractivity contribution in [2.45, 2.75) is 53.4 Å². The molecular formula is C17H34O5. The van der Waals surface area contributed by atoms with E-state index in [0.29, 0.717) is 19.1 Å². The van der Waals surface area contributed by atoms with E-state index in [9.17, 15) is 5.11 Å². The topological polar surface area (TPSA) is 57.2 Å². The normalized spacial score (nSPS) is 18.0. The predicted octanol–water partition coefficient (Wildman–Crippen LogP) is 2.98.